The van der Waals surface area contributed by atoms with Crippen LogP contribution in [0.1, 0.15) is 0 Å². The quantitative estimate of drug-likeness (QED) is 0.578. The molecule has 0 atom stereocenters. The number of benzene rings is 2. The molecule has 8 heteroatoms. The molecule has 0 spiro atoms. The van der Waals surface area contributed by atoms with Crippen LogP contribution >= 0.6 is 27.7 Å². The molecule has 134 valence electrons. The Morgan fingerprint density at radius 1 is 1.31 bits per heavy atom. The van der Waals surface area contributed by atoms with E-state index in [-0.39, 0.29) is 17.3 Å². The summed E-state index contributed by atoms with van der Waals surface area (Å²) in [5.74, 6) is 0.0831. The Hall–Kier alpha value is -2.32. The topological polar surface area (TPSA) is 56.2 Å². The Morgan fingerprint density at radius 3 is 2.77 bits per heavy atom. The Morgan fingerprint density at radius 2 is 2.08 bits per heavy atom. The van der Waals surface area contributed by atoms with Crippen molar-refractivity contribution in [1.29, 1.82) is 0 Å². The standard InChI is InChI=1S/C18H15BrFN3O2S/c1-25-14-5-3-13(4-6-14)23-9-8-21-18(23)26-11-17(24)22-16-7-2-12(19)10-15(16)20/h2-10H,11H2,1H3,(H,22,24). The van der Waals surface area contributed by atoms with Gasteiger partial charge in [-0.1, -0.05) is 27.7 Å². The molecule has 3 aromatic rings. The summed E-state index contributed by atoms with van der Waals surface area (Å²) in [7, 11) is 1.61. The summed E-state index contributed by atoms with van der Waals surface area (Å²) < 4.78 is 21.4. The van der Waals surface area contributed by atoms with E-state index in [0.29, 0.717) is 9.63 Å². The number of anilines is 1. The molecule has 5 nitrogen and oxygen atoms in total. The van der Waals surface area contributed by atoms with Crippen LogP contribution < -0.4 is 10.1 Å². The van der Waals surface area contributed by atoms with Gasteiger partial charge in [-0.05, 0) is 42.5 Å². The van der Waals surface area contributed by atoms with E-state index in [9.17, 15) is 9.18 Å². The predicted octanol–water partition coefficient (Wildman–Crippen LogP) is 4.51. The minimum atomic E-state index is -0.488. The lowest BCUT2D eigenvalue weighted by molar-refractivity contribution is -0.113. The molecule has 1 amide bonds. The number of halogens is 2. The first-order chi connectivity index (χ1) is 12.6. The van der Waals surface area contributed by atoms with E-state index < -0.39 is 5.82 Å². The first-order valence-corrected chi connectivity index (χ1v) is 9.40. The molecule has 0 aliphatic carbocycles. The zero-order valence-electron chi connectivity index (χ0n) is 13.8. The lowest BCUT2D eigenvalue weighted by Crippen LogP contribution is -2.15. The summed E-state index contributed by atoms with van der Waals surface area (Å²) in [5, 5.41) is 3.23. The van der Waals surface area contributed by atoms with Crippen LogP contribution in [0.25, 0.3) is 5.69 Å². The first-order valence-electron chi connectivity index (χ1n) is 7.62. The van der Waals surface area contributed by atoms with Crippen LogP contribution in [-0.4, -0.2) is 28.3 Å². The molecule has 0 radical (unpaired) electrons. The number of hydrogen-bond donors (Lipinski definition) is 1. The summed E-state index contributed by atoms with van der Waals surface area (Å²) in [5.41, 5.74) is 1.06. The molecular formula is C18H15BrFN3O2S. The number of rotatable bonds is 6. The van der Waals surface area contributed by atoms with Gasteiger partial charge < -0.3 is 10.1 Å². The van der Waals surface area contributed by atoms with E-state index >= 15 is 0 Å². The molecular weight excluding hydrogens is 421 g/mol. The Labute approximate surface area is 162 Å². The number of methoxy groups -OCH3 is 1. The molecule has 1 aromatic heterocycles. The van der Waals surface area contributed by atoms with Crippen LogP contribution in [0, 0.1) is 5.82 Å². The minimum Gasteiger partial charge on any atom is -0.497 e. The van der Waals surface area contributed by atoms with Gasteiger partial charge >= 0.3 is 0 Å². The fraction of sp³-hybridized carbons (Fsp3) is 0.111. The second kappa shape index (κ2) is 8.37. The highest BCUT2D eigenvalue weighted by atomic mass is 79.9. The van der Waals surface area contributed by atoms with Crippen molar-refractivity contribution in [3.05, 3.63) is 65.1 Å². The molecule has 0 aliphatic heterocycles. The van der Waals surface area contributed by atoms with Gasteiger partial charge in [0.15, 0.2) is 5.16 Å². The summed E-state index contributed by atoms with van der Waals surface area (Å²) in [6.45, 7) is 0. The summed E-state index contributed by atoms with van der Waals surface area (Å²) in [6, 6.07) is 12.0. The molecule has 26 heavy (non-hydrogen) atoms. The molecule has 0 fully saturated rings. The normalized spacial score (nSPS) is 10.6. The molecule has 2 aromatic carbocycles. The molecule has 0 bridgehead atoms. The van der Waals surface area contributed by atoms with Gasteiger partial charge in [-0.25, -0.2) is 9.37 Å². The largest absolute Gasteiger partial charge is 0.497 e. The van der Waals surface area contributed by atoms with E-state index in [4.69, 9.17) is 4.74 Å². The smallest absolute Gasteiger partial charge is 0.234 e. The second-order valence-corrected chi connectivity index (χ2v) is 7.10. The minimum absolute atomic E-state index is 0.114. The molecule has 3 rings (SSSR count). The highest BCUT2D eigenvalue weighted by molar-refractivity contribution is 9.10. The molecule has 0 saturated heterocycles. The van der Waals surface area contributed by atoms with Crippen molar-refractivity contribution in [2.75, 3.05) is 18.2 Å². The number of carbonyl (C=O) groups is 1. The van der Waals surface area contributed by atoms with Crippen LogP contribution in [0.15, 0.2) is 64.5 Å². The second-order valence-electron chi connectivity index (χ2n) is 5.24. The fourth-order valence-corrected chi connectivity index (χ4v) is 3.35. The highest BCUT2D eigenvalue weighted by Crippen LogP contribution is 2.23. The van der Waals surface area contributed by atoms with Crippen molar-refractivity contribution in [1.82, 2.24) is 9.55 Å². The Bertz CT molecular complexity index is 915. The van der Waals surface area contributed by atoms with E-state index in [1.54, 1.807) is 19.4 Å². The van der Waals surface area contributed by atoms with Gasteiger partial charge in [0.05, 0.1) is 18.6 Å². The fourth-order valence-electron chi connectivity index (χ4n) is 2.24. The monoisotopic (exact) mass is 435 g/mol. The number of nitrogens with zero attached hydrogens (tertiary/aromatic N) is 2. The van der Waals surface area contributed by atoms with Gasteiger partial charge in [-0.3, -0.25) is 9.36 Å². The van der Waals surface area contributed by atoms with Gasteiger partial charge in [0, 0.05) is 22.6 Å². The van der Waals surface area contributed by atoms with Crippen molar-refractivity contribution < 1.29 is 13.9 Å². The number of imidazole rings is 1. The van der Waals surface area contributed by atoms with E-state index in [1.807, 2.05) is 35.0 Å². The summed E-state index contributed by atoms with van der Waals surface area (Å²) >= 11 is 4.45. The number of thioether (sulfide) groups is 1. The van der Waals surface area contributed by atoms with E-state index in [1.165, 1.54) is 23.9 Å². The number of carbonyl (C=O) groups excluding carboxylic acids is 1. The molecule has 1 N–H and O–H groups in total. The average Bonchev–Trinajstić information content (AvgIpc) is 3.11. The van der Waals surface area contributed by atoms with Gasteiger partial charge in [-0.15, -0.1) is 0 Å². The van der Waals surface area contributed by atoms with Crippen LogP contribution in [0.2, 0.25) is 0 Å². The number of aromatic nitrogens is 2. The van der Waals surface area contributed by atoms with Gasteiger partial charge in [0.2, 0.25) is 5.91 Å². The lowest BCUT2D eigenvalue weighted by atomic mass is 10.3. The zero-order valence-corrected chi connectivity index (χ0v) is 16.2. The van der Waals surface area contributed by atoms with Crippen molar-refractivity contribution >= 4 is 39.3 Å². The zero-order chi connectivity index (χ0) is 18.5. The first kappa shape index (κ1) is 18.5. The number of ether oxygens (including phenoxy) is 1. The SMILES string of the molecule is COc1ccc(-n2ccnc2SCC(=O)Nc2ccc(Br)cc2F)cc1. The van der Waals surface area contributed by atoms with Crippen LogP contribution in [0.5, 0.6) is 5.75 Å². The van der Waals surface area contributed by atoms with Gasteiger partial charge in [-0.2, -0.15) is 0 Å². The van der Waals surface area contributed by atoms with Gasteiger partial charge in [0.25, 0.3) is 0 Å². The van der Waals surface area contributed by atoms with Crippen LogP contribution in [0.4, 0.5) is 10.1 Å². The summed E-state index contributed by atoms with van der Waals surface area (Å²) in [6.07, 6.45) is 3.48. The van der Waals surface area contributed by atoms with E-state index in [0.717, 1.165) is 11.4 Å². The van der Waals surface area contributed by atoms with E-state index in [2.05, 4.69) is 26.2 Å². The predicted molar refractivity (Wildman–Crippen MR) is 104 cm³/mol. The van der Waals surface area contributed by atoms with Gasteiger partial charge in [0.1, 0.15) is 11.6 Å². The average molecular weight is 436 g/mol. The maximum atomic E-state index is 13.8. The van der Waals surface area contributed by atoms with Crippen LogP contribution in [-0.2, 0) is 4.79 Å². The third-order valence-corrected chi connectivity index (χ3v) is 4.96. The summed E-state index contributed by atoms with van der Waals surface area (Å²) in [4.78, 5) is 16.4. The Kier molecular flexibility index (Phi) is 5.95. The maximum Gasteiger partial charge on any atom is 0.234 e. The van der Waals surface area contributed by atoms with Crippen molar-refractivity contribution in [3.8, 4) is 11.4 Å². The van der Waals surface area contributed by atoms with Crippen molar-refractivity contribution in [3.63, 3.8) is 0 Å². The number of amides is 1. The number of nitrogens with one attached hydrogen (secondary N) is 1. The molecule has 0 unspecified atom stereocenters. The third-order valence-electron chi connectivity index (χ3n) is 3.49. The number of hydrogen-bond acceptors (Lipinski definition) is 4. The third kappa shape index (κ3) is 4.44. The molecule has 1 heterocycles. The highest BCUT2D eigenvalue weighted by Gasteiger charge is 2.11. The lowest BCUT2D eigenvalue weighted by Gasteiger charge is -2.09. The van der Waals surface area contributed by atoms with Crippen LogP contribution in [0.3, 0.4) is 0 Å². The maximum absolute atomic E-state index is 13.8. The molecule has 0 aliphatic rings. The van der Waals surface area contributed by atoms with Crippen molar-refractivity contribution in [2.24, 2.45) is 0 Å². The molecule has 0 saturated carbocycles. The Balaban J connectivity index is 1.64. The van der Waals surface area contributed by atoms with Crippen molar-refractivity contribution in [2.45, 2.75) is 5.16 Å².